The second-order valence-electron chi connectivity index (χ2n) is 7.97. The number of ether oxygens (including phenoxy) is 1. The Morgan fingerprint density at radius 1 is 0.941 bits per heavy atom. The van der Waals surface area contributed by atoms with E-state index in [4.69, 9.17) is 4.74 Å². The Balaban J connectivity index is 1.31. The highest BCUT2D eigenvalue weighted by atomic mass is 16.5. The largest absolute Gasteiger partial charge is 0.426 e. The lowest BCUT2D eigenvalue weighted by atomic mass is 10.1. The molecule has 1 amide bonds. The van der Waals surface area contributed by atoms with E-state index in [9.17, 15) is 9.59 Å². The Kier molecular flexibility index (Phi) is 5.86. The van der Waals surface area contributed by atoms with Crippen molar-refractivity contribution >= 4 is 28.9 Å². The first-order valence-corrected chi connectivity index (χ1v) is 11.0. The van der Waals surface area contributed by atoms with Crippen molar-refractivity contribution < 1.29 is 14.3 Å². The van der Waals surface area contributed by atoms with Crippen molar-refractivity contribution in [2.45, 2.75) is 13.5 Å². The monoisotopic (exact) mass is 457 g/mol. The second-order valence-corrected chi connectivity index (χ2v) is 7.97. The van der Waals surface area contributed by atoms with E-state index in [1.165, 1.54) is 13.3 Å². The zero-order chi connectivity index (χ0) is 23.5. The number of carbonyl (C=O) groups excluding carboxylic acids is 2. The van der Waals surface area contributed by atoms with Crippen LogP contribution in [0.15, 0.2) is 60.9 Å². The van der Waals surface area contributed by atoms with E-state index >= 15 is 0 Å². The Labute approximate surface area is 195 Å². The van der Waals surface area contributed by atoms with E-state index in [-0.39, 0.29) is 11.7 Å². The number of esters is 1. The molecule has 2 aromatic carbocycles. The number of hydrogen-bond donors (Lipinski definition) is 0. The van der Waals surface area contributed by atoms with Gasteiger partial charge in [0.25, 0.3) is 5.91 Å². The van der Waals surface area contributed by atoms with Crippen LogP contribution in [0.2, 0.25) is 0 Å². The summed E-state index contributed by atoms with van der Waals surface area (Å²) in [5, 5.41) is 8.64. The van der Waals surface area contributed by atoms with Gasteiger partial charge in [0.2, 0.25) is 0 Å². The number of nitrogens with zero attached hydrogens (tertiary/aromatic N) is 7. The Morgan fingerprint density at radius 2 is 1.68 bits per heavy atom. The first-order valence-electron chi connectivity index (χ1n) is 11.0. The van der Waals surface area contributed by atoms with Crippen molar-refractivity contribution in [3.8, 4) is 5.75 Å². The fourth-order valence-corrected chi connectivity index (χ4v) is 4.05. The minimum atomic E-state index is -0.460. The number of hydrogen-bond acceptors (Lipinski definition) is 8. The maximum absolute atomic E-state index is 13.1. The van der Waals surface area contributed by atoms with Crippen LogP contribution < -0.4 is 9.64 Å². The average molecular weight is 457 g/mol. The molecule has 172 valence electrons. The molecule has 1 aliphatic rings. The van der Waals surface area contributed by atoms with E-state index < -0.39 is 5.97 Å². The van der Waals surface area contributed by atoms with E-state index in [1.54, 1.807) is 33.8 Å². The van der Waals surface area contributed by atoms with Crippen LogP contribution in [0.1, 0.15) is 22.8 Å². The molecular formula is C24H23N7O3. The number of aromatic nitrogens is 5. The number of carbonyl (C=O) groups is 2. The topological polar surface area (TPSA) is 106 Å². The molecular weight excluding hydrogens is 434 g/mol. The molecule has 0 bridgehead atoms. The Bertz CT molecular complexity index is 1330. The third-order valence-corrected chi connectivity index (χ3v) is 5.69. The van der Waals surface area contributed by atoms with Gasteiger partial charge in [-0.25, -0.2) is 14.6 Å². The Hall–Kier alpha value is -4.34. The molecule has 0 spiro atoms. The maximum atomic E-state index is 13.1. The lowest BCUT2D eigenvalue weighted by molar-refractivity contribution is -0.131. The smallest absolute Gasteiger partial charge is 0.308 e. The van der Waals surface area contributed by atoms with Crippen LogP contribution in [0.4, 0.5) is 5.82 Å². The number of para-hydroxylation sites is 1. The Morgan fingerprint density at radius 3 is 2.44 bits per heavy atom. The highest BCUT2D eigenvalue weighted by Crippen LogP contribution is 2.24. The van der Waals surface area contributed by atoms with Gasteiger partial charge in [-0.1, -0.05) is 47.7 Å². The summed E-state index contributed by atoms with van der Waals surface area (Å²) in [4.78, 5) is 37.2. The summed E-state index contributed by atoms with van der Waals surface area (Å²) in [7, 11) is 0. The molecule has 0 aliphatic carbocycles. The van der Waals surface area contributed by atoms with Crippen LogP contribution in [-0.4, -0.2) is 67.9 Å². The van der Waals surface area contributed by atoms with Crippen molar-refractivity contribution in [1.82, 2.24) is 29.9 Å². The van der Waals surface area contributed by atoms with Gasteiger partial charge in [0.15, 0.2) is 17.0 Å². The molecule has 1 fully saturated rings. The van der Waals surface area contributed by atoms with Crippen LogP contribution in [0, 0.1) is 0 Å². The lowest BCUT2D eigenvalue weighted by Gasteiger charge is -2.35. The number of piperazine rings is 1. The summed E-state index contributed by atoms with van der Waals surface area (Å²) >= 11 is 0. The number of benzene rings is 2. The molecule has 2 aromatic heterocycles. The first-order chi connectivity index (χ1) is 16.6. The lowest BCUT2D eigenvalue weighted by Crippen LogP contribution is -2.49. The van der Waals surface area contributed by atoms with Crippen LogP contribution in [-0.2, 0) is 11.3 Å². The molecule has 10 heteroatoms. The normalized spacial score (nSPS) is 13.8. The first kappa shape index (κ1) is 21.5. The number of anilines is 1. The van der Waals surface area contributed by atoms with Gasteiger partial charge in [-0.05, 0) is 17.7 Å². The second kappa shape index (κ2) is 9.26. The van der Waals surface area contributed by atoms with Crippen molar-refractivity contribution in [3.63, 3.8) is 0 Å². The highest BCUT2D eigenvalue weighted by molar-refractivity contribution is 5.97. The van der Waals surface area contributed by atoms with Crippen LogP contribution in [0.3, 0.4) is 0 Å². The quantitative estimate of drug-likeness (QED) is 0.332. The zero-order valence-corrected chi connectivity index (χ0v) is 18.7. The summed E-state index contributed by atoms with van der Waals surface area (Å²) in [6.45, 7) is 4.04. The van der Waals surface area contributed by atoms with E-state index in [0.717, 1.165) is 5.56 Å². The van der Waals surface area contributed by atoms with E-state index in [0.29, 0.717) is 55.3 Å². The van der Waals surface area contributed by atoms with Gasteiger partial charge in [0.1, 0.15) is 12.1 Å². The maximum Gasteiger partial charge on any atom is 0.308 e. The molecule has 34 heavy (non-hydrogen) atoms. The molecule has 0 radical (unpaired) electrons. The predicted molar refractivity (Wildman–Crippen MR) is 125 cm³/mol. The highest BCUT2D eigenvalue weighted by Gasteiger charge is 2.27. The molecule has 1 saturated heterocycles. The molecule has 0 N–H and O–H groups in total. The summed E-state index contributed by atoms with van der Waals surface area (Å²) in [5.41, 5.74) is 2.79. The molecule has 0 unspecified atom stereocenters. The SMILES string of the molecule is CC(=O)Oc1ccccc1C(=O)N1CCN(c2ncnc3c2nnn3Cc2ccccc2)CC1. The number of amides is 1. The van der Waals surface area contributed by atoms with E-state index in [1.807, 2.05) is 30.3 Å². The molecule has 4 aromatic rings. The van der Waals surface area contributed by atoms with Gasteiger partial charge in [-0.3, -0.25) is 9.59 Å². The number of fused-ring (bicyclic) bond motifs is 1. The fourth-order valence-electron chi connectivity index (χ4n) is 4.05. The molecule has 0 saturated carbocycles. The number of rotatable bonds is 5. The molecule has 0 atom stereocenters. The van der Waals surface area contributed by atoms with Gasteiger partial charge in [0, 0.05) is 33.1 Å². The fraction of sp³-hybridized carbons (Fsp3) is 0.250. The van der Waals surface area contributed by atoms with Crippen LogP contribution >= 0.6 is 0 Å². The predicted octanol–water partition coefficient (Wildman–Crippen LogP) is 2.16. The van der Waals surface area contributed by atoms with Gasteiger partial charge in [-0.15, -0.1) is 5.10 Å². The zero-order valence-electron chi connectivity index (χ0n) is 18.7. The molecule has 5 rings (SSSR count). The van der Waals surface area contributed by atoms with Crippen LogP contribution in [0.25, 0.3) is 11.2 Å². The van der Waals surface area contributed by atoms with Crippen molar-refractivity contribution in [1.29, 1.82) is 0 Å². The van der Waals surface area contributed by atoms with Gasteiger partial charge >= 0.3 is 5.97 Å². The molecule has 3 heterocycles. The average Bonchev–Trinajstić information content (AvgIpc) is 3.27. The summed E-state index contributed by atoms with van der Waals surface area (Å²) in [5.74, 6) is 0.350. The third kappa shape index (κ3) is 4.29. The summed E-state index contributed by atoms with van der Waals surface area (Å²) < 4.78 is 6.97. The third-order valence-electron chi connectivity index (χ3n) is 5.69. The van der Waals surface area contributed by atoms with Crippen molar-refractivity contribution in [3.05, 3.63) is 72.1 Å². The van der Waals surface area contributed by atoms with Gasteiger partial charge in [-0.2, -0.15) is 0 Å². The summed E-state index contributed by atoms with van der Waals surface area (Å²) in [6.07, 6.45) is 1.52. The molecule has 1 aliphatic heterocycles. The van der Waals surface area contributed by atoms with Gasteiger partial charge < -0.3 is 14.5 Å². The standard InChI is InChI=1S/C24H23N7O3/c1-17(32)34-20-10-6-5-9-19(20)24(33)30-13-11-29(12-14-30)22-21-23(26-16-25-22)31(28-27-21)15-18-7-3-2-4-8-18/h2-10,16H,11-15H2,1H3. The van der Waals surface area contributed by atoms with Gasteiger partial charge in [0.05, 0.1) is 12.1 Å². The summed E-state index contributed by atoms with van der Waals surface area (Å²) in [6, 6.07) is 16.8. The van der Waals surface area contributed by atoms with Crippen LogP contribution in [0.5, 0.6) is 5.75 Å². The van der Waals surface area contributed by atoms with Crippen molar-refractivity contribution in [2.24, 2.45) is 0 Å². The van der Waals surface area contributed by atoms with Crippen molar-refractivity contribution in [2.75, 3.05) is 31.1 Å². The minimum absolute atomic E-state index is 0.168. The molecule has 10 nitrogen and oxygen atoms in total. The minimum Gasteiger partial charge on any atom is -0.426 e. The van der Waals surface area contributed by atoms with E-state index in [2.05, 4.69) is 25.2 Å².